The van der Waals surface area contributed by atoms with Crippen LogP contribution >= 0.6 is 0 Å². The quantitative estimate of drug-likeness (QED) is 0.291. The molecule has 4 rings (SSSR count). The topological polar surface area (TPSA) is 69.4 Å². The van der Waals surface area contributed by atoms with Crippen LogP contribution in [0, 0.1) is 18.6 Å². The Morgan fingerprint density at radius 2 is 1.64 bits per heavy atom. The van der Waals surface area contributed by atoms with Gasteiger partial charge in [-0.05, 0) is 49.4 Å². The fourth-order valence-corrected chi connectivity index (χ4v) is 4.53. The van der Waals surface area contributed by atoms with Crippen molar-refractivity contribution in [3.05, 3.63) is 122 Å². The Balaban J connectivity index is 1.71. The van der Waals surface area contributed by atoms with Crippen molar-refractivity contribution in [2.75, 3.05) is 27.2 Å². The maximum absolute atomic E-state index is 14.6. The van der Waals surface area contributed by atoms with E-state index in [4.69, 9.17) is 4.74 Å². The van der Waals surface area contributed by atoms with Gasteiger partial charge in [-0.15, -0.1) is 0 Å². The normalized spacial score (nSPS) is 11.3. The van der Waals surface area contributed by atoms with Gasteiger partial charge in [0.2, 0.25) is 0 Å². The molecule has 9 heteroatoms. The van der Waals surface area contributed by atoms with E-state index in [9.17, 15) is 18.4 Å². The molecule has 0 aliphatic heterocycles. The van der Waals surface area contributed by atoms with Crippen LogP contribution in [0.3, 0.4) is 0 Å². The van der Waals surface area contributed by atoms with E-state index in [1.54, 1.807) is 32.4 Å². The summed E-state index contributed by atoms with van der Waals surface area (Å²) in [4.78, 5) is 33.6. The van der Waals surface area contributed by atoms with Gasteiger partial charge in [-0.25, -0.2) is 13.6 Å². The highest BCUT2D eigenvalue weighted by Gasteiger charge is 2.20. The van der Waals surface area contributed by atoms with Crippen molar-refractivity contribution in [3.63, 3.8) is 0 Å². The molecule has 2 aromatic heterocycles. The zero-order valence-corrected chi connectivity index (χ0v) is 22.4. The van der Waals surface area contributed by atoms with Gasteiger partial charge in [-0.1, -0.05) is 36.4 Å². The molecule has 0 saturated carbocycles. The van der Waals surface area contributed by atoms with Crippen molar-refractivity contribution < 1.29 is 13.5 Å². The Bertz CT molecular complexity index is 1510. The summed E-state index contributed by atoms with van der Waals surface area (Å²) in [5.41, 5.74) is 1.84. The van der Waals surface area contributed by atoms with Crippen molar-refractivity contribution in [2.24, 2.45) is 0 Å². The highest BCUT2D eigenvalue weighted by Crippen LogP contribution is 2.21. The first-order chi connectivity index (χ1) is 18.8. The number of benzene rings is 2. The molecule has 0 aliphatic carbocycles. The summed E-state index contributed by atoms with van der Waals surface area (Å²) >= 11 is 0. The summed E-state index contributed by atoms with van der Waals surface area (Å²) in [6, 6.07) is 16.6. The maximum atomic E-state index is 14.6. The molecule has 0 radical (unpaired) electrons. The number of hydrogen-bond donors (Lipinski definition) is 0. The zero-order valence-electron chi connectivity index (χ0n) is 22.4. The van der Waals surface area contributed by atoms with E-state index in [-0.39, 0.29) is 18.7 Å². The average molecular weight is 535 g/mol. The predicted molar refractivity (Wildman–Crippen MR) is 147 cm³/mol. The molecule has 0 fully saturated rings. The van der Waals surface area contributed by atoms with Crippen LogP contribution in [0.15, 0.2) is 76.4 Å². The summed E-state index contributed by atoms with van der Waals surface area (Å²) in [6.45, 7) is 2.92. The van der Waals surface area contributed by atoms with E-state index < -0.39 is 22.9 Å². The van der Waals surface area contributed by atoms with Gasteiger partial charge >= 0.3 is 5.69 Å². The summed E-state index contributed by atoms with van der Waals surface area (Å²) in [5.74, 6) is -1.50. The Hall–Kier alpha value is -3.95. The molecule has 4 aromatic rings. The lowest BCUT2D eigenvalue weighted by Crippen LogP contribution is -2.44. The number of methoxy groups -OCH3 is 1. The second-order valence-corrected chi connectivity index (χ2v) is 9.49. The second kappa shape index (κ2) is 12.7. The second-order valence-electron chi connectivity index (χ2n) is 9.49. The van der Waals surface area contributed by atoms with Gasteiger partial charge in [-0.3, -0.25) is 18.9 Å². The van der Waals surface area contributed by atoms with Crippen LogP contribution < -0.4 is 11.2 Å². The summed E-state index contributed by atoms with van der Waals surface area (Å²) < 4.78 is 36.7. The summed E-state index contributed by atoms with van der Waals surface area (Å²) in [5, 5.41) is 0. The minimum absolute atomic E-state index is 0.116. The number of likely N-dealkylation sites (N-methyl/N-ethyl adjacent to an activating group) is 1. The van der Waals surface area contributed by atoms with Crippen LogP contribution in [0.1, 0.15) is 22.5 Å². The van der Waals surface area contributed by atoms with E-state index in [0.717, 1.165) is 34.4 Å². The maximum Gasteiger partial charge on any atom is 0.331 e. The van der Waals surface area contributed by atoms with Crippen molar-refractivity contribution >= 4 is 0 Å². The van der Waals surface area contributed by atoms with Crippen LogP contribution in [0.4, 0.5) is 8.78 Å². The zero-order chi connectivity index (χ0) is 27.9. The molecular weight excluding hydrogens is 502 g/mol. The van der Waals surface area contributed by atoms with Gasteiger partial charge < -0.3 is 9.64 Å². The fourth-order valence-electron chi connectivity index (χ4n) is 4.53. The molecule has 7 nitrogen and oxygen atoms in total. The molecule has 39 heavy (non-hydrogen) atoms. The number of rotatable bonds is 11. The lowest BCUT2D eigenvalue weighted by atomic mass is 10.0. The molecule has 0 amide bonds. The minimum atomic E-state index is -0.751. The predicted octanol–water partition coefficient (Wildman–Crippen LogP) is 4.03. The SMILES string of the molecule is COCc1ccc(-c2c(C)n(Cc3c(F)cccc3F)c(=O)n(CCN(C)CCc3ccccn3)c2=O)cc1. The highest BCUT2D eigenvalue weighted by atomic mass is 19.1. The van der Waals surface area contributed by atoms with Crippen molar-refractivity contribution in [1.82, 2.24) is 19.0 Å². The number of hydrogen-bond acceptors (Lipinski definition) is 5. The molecule has 204 valence electrons. The van der Waals surface area contributed by atoms with E-state index in [1.807, 2.05) is 42.3 Å². The molecule has 2 aromatic carbocycles. The van der Waals surface area contributed by atoms with E-state index >= 15 is 0 Å². The van der Waals surface area contributed by atoms with Crippen LogP contribution in [-0.2, 0) is 30.9 Å². The number of halogens is 2. The van der Waals surface area contributed by atoms with Gasteiger partial charge in [0.05, 0.1) is 18.7 Å². The third-order valence-electron chi connectivity index (χ3n) is 6.80. The summed E-state index contributed by atoms with van der Waals surface area (Å²) in [7, 11) is 3.51. The monoisotopic (exact) mass is 534 g/mol. The standard InChI is InChI=1S/C30H32F2N4O3/c1-21-28(23-12-10-22(11-13-23)20-39-3)29(37)35(18-17-34(2)16-14-24-7-4-5-15-33-24)30(38)36(21)19-25-26(31)8-6-9-27(25)32/h4-13,15H,14,16-20H2,1-3H3. The van der Waals surface area contributed by atoms with Crippen molar-refractivity contribution in [2.45, 2.75) is 33.0 Å². The van der Waals surface area contributed by atoms with Gasteiger partial charge in [0.1, 0.15) is 11.6 Å². The third kappa shape index (κ3) is 6.55. The molecule has 2 heterocycles. The Morgan fingerprint density at radius 1 is 0.923 bits per heavy atom. The number of pyridine rings is 1. The van der Waals surface area contributed by atoms with Crippen LogP contribution in [0.5, 0.6) is 0 Å². The molecule has 0 spiro atoms. The minimum Gasteiger partial charge on any atom is -0.380 e. The first-order valence-corrected chi connectivity index (χ1v) is 12.7. The smallest absolute Gasteiger partial charge is 0.331 e. The third-order valence-corrected chi connectivity index (χ3v) is 6.80. The van der Waals surface area contributed by atoms with Crippen LogP contribution in [0.25, 0.3) is 11.1 Å². The molecular formula is C30H32F2N4O3. The lowest BCUT2D eigenvalue weighted by Gasteiger charge is -2.20. The number of nitrogens with zero attached hydrogens (tertiary/aromatic N) is 4. The van der Waals surface area contributed by atoms with Crippen LogP contribution in [0.2, 0.25) is 0 Å². The number of ether oxygens (including phenoxy) is 1. The number of aromatic nitrogens is 3. The Labute approximate surface area is 225 Å². The molecule has 0 bridgehead atoms. The van der Waals surface area contributed by atoms with E-state index in [2.05, 4.69) is 4.98 Å². The molecule has 0 saturated heterocycles. The first-order valence-electron chi connectivity index (χ1n) is 12.7. The van der Waals surface area contributed by atoms with Crippen LogP contribution in [-0.4, -0.2) is 46.3 Å². The Morgan fingerprint density at radius 3 is 2.28 bits per heavy atom. The van der Waals surface area contributed by atoms with Gasteiger partial charge in [-0.2, -0.15) is 0 Å². The van der Waals surface area contributed by atoms with Gasteiger partial charge in [0.25, 0.3) is 5.56 Å². The van der Waals surface area contributed by atoms with E-state index in [0.29, 0.717) is 36.5 Å². The largest absolute Gasteiger partial charge is 0.380 e. The van der Waals surface area contributed by atoms with E-state index in [1.165, 1.54) is 10.6 Å². The average Bonchev–Trinajstić information content (AvgIpc) is 2.93. The van der Waals surface area contributed by atoms with Gasteiger partial charge in [0.15, 0.2) is 0 Å². The first kappa shape index (κ1) is 28.1. The van der Waals surface area contributed by atoms with Crippen molar-refractivity contribution in [3.8, 4) is 11.1 Å². The van der Waals surface area contributed by atoms with Gasteiger partial charge in [0, 0.05) is 56.3 Å². The highest BCUT2D eigenvalue weighted by molar-refractivity contribution is 5.65. The summed E-state index contributed by atoms with van der Waals surface area (Å²) in [6.07, 6.45) is 2.46. The Kier molecular flexibility index (Phi) is 9.16. The molecule has 0 N–H and O–H groups in total. The fraction of sp³-hybridized carbons (Fsp3) is 0.300. The lowest BCUT2D eigenvalue weighted by molar-refractivity contribution is 0.185. The van der Waals surface area contributed by atoms with Crippen molar-refractivity contribution in [1.29, 1.82) is 0 Å². The molecule has 0 atom stereocenters. The molecule has 0 aliphatic rings. The molecule has 0 unspecified atom stereocenters.